The van der Waals surface area contributed by atoms with E-state index >= 15 is 0 Å². The quantitative estimate of drug-likeness (QED) is 0.168. The number of hydrogen-bond acceptors (Lipinski definition) is 4. The monoisotopic (exact) mass is 733 g/mol. The van der Waals surface area contributed by atoms with E-state index in [1.807, 2.05) is 58.0 Å². The maximum Gasteiger partial charge on any atom is 0.264 e. The second-order valence-electron chi connectivity index (χ2n) is 12.2. The van der Waals surface area contributed by atoms with Gasteiger partial charge in [-0.25, -0.2) is 8.42 Å². The molecule has 0 aromatic heterocycles. The van der Waals surface area contributed by atoms with Gasteiger partial charge in [-0.3, -0.25) is 13.9 Å². The molecule has 248 valence electrons. The normalized spacial score (nSPS) is 12.3. The van der Waals surface area contributed by atoms with Gasteiger partial charge >= 0.3 is 0 Å². The summed E-state index contributed by atoms with van der Waals surface area (Å²) in [6.07, 6.45) is 0.156. The van der Waals surface area contributed by atoms with Crippen LogP contribution < -0.4 is 9.62 Å². The number of hydrogen-bond donors (Lipinski definition) is 1. The molecule has 0 saturated carbocycles. The molecule has 0 spiro atoms. The molecule has 0 saturated heterocycles. The van der Waals surface area contributed by atoms with Crippen molar-refractivity contribution in [1.82, 2.24) is 10.2 Å². The fourth-order valence-corrected chi connectivity index (χ4v) is 7.12. The molecule has 2 amide bonds. The molecule has 4 aromatic rings. The van der Waals surface area contributed by atoms with Crippen LogP contribution in [0.3, 0.4) is 0 Å². The van der Waals surface area contributed by atoms with Crippen LogP contribution in [0.25, 0.3) is 0 Å². The Kier molecular flexibility index (Phi) is 11.9. The number of amides is 2. The lowest BCUT2D eigenvalue weighted by molar-refractivity contribution is -0.140. The zero-order chi connectivity index (χ0) is 34.5. The molecule has 4 aromatic carbocycles. The van der Waals surface area contributed by atoms with Gasteiger partial charge in [-0.15, -0.1) is 0 Å². The van der Waals surface area contributed by atoms with Crippen LogP contribution in [0.4, 0.5) is 5.69 Å². The van der Waals surface area contributed by atoms with Gasteiger partial charge in [0.25, 0.3) is 10.0 Å². The number of aryl methyl sites for hydroxylation is 1. The number of sulfonamides is 1. The fraction of sp³-hybridized carbons (Fsp3) is 0.257. The third-order valence-corrected chi connectivity index (χ3v) is 10.1. The molecule has 0 bridgehead atoms. The van der Waals surface area contributed by atoms with E-state index in [0.717, 1.165) is 15.4 Å². The lowest BCUT2D eigenvalue weighted by Gasteiger charge is -2.35. The van der Waals surface area contributed by atoms with Gasteiger partial charge in [0.05, 0.1) is 20.6 Å². The molecule has 1 atom stereocenters. The second-order valence-corrected chi connectivity index (χ2v) is 15.7. The van der Waals surface area contributed by atoms with Gasteiger partial charge < -0.3 is 10.2 Å². The summed E-state index contributed by atoms with van der Waals surface area (Å²) in [5.41, 5.74) is 1.72. The number of carbonyl (C=O) groups excluding carboxylic acids is 2. The Bertz CT molecular complexity index is 1830. The van der Waals surface area contributed by atoms with Crippen LogP contribution in [0.5, 0.6) is 0 Å². The second kappa shape index (κ2) is 15.3. The highest BCUT2D eigenvalue weighted by atomic mass is 35.5. The molecule has 1 N–H and O–H groups in total. The van der Waals surface area contributed by atoms with Gasteiger partial charge in [-0.1, -0.05) is 100 Å². The number of halogens is 4. The summed E-state index contributed by atoms with van der Waals surface area (Å²) in [5, 5.41) is 3.96. The number of carbonyl (C=O) groups is 2. The van der Waals surface area contributed by atoms with E-state index in [4.69, 9.17) is 46.4 Å². The first-order valence-corrected chi connectivity index (χ1v) is 17.6. The third kappa shape index (κ3) is 9.87. The highest BCUT2D eigenvalue weighted by molar-refractivity contribution is 7.92. The Balaban J connectivity index is 1.86. The number of nitrogens with zero attached hydrogens (tertiary/aromatic N) is 2. The predicted octanol–water partition coefficient (Wildman–Crippen LogP) is 8.36. The Morgan fingerprint density at radius 1 is 0.787 bits per heavy atom. The van der Waals surface area contributed by atoms with Crippen LogP contribution in [0.2, 0.25) is 20.1 Å². The van der Waals surface area contributed by atoms with Crippen molar-refractivity contribution < 1.29 is 18.0 Å². The first kappa shape index (κ1) is 36.6. The van der Waals surface area contributed by atoms with Crippen LogP contribution in [0.15, 0.2) is 95.9 Å². The standard InChI is InChI=1S/C35H35Cl4N3O4S/c1-23-10-13-29(14-11-23)47(45,46)42(28-19-26(36)18-27(37)20-28)22-33(43)41(21-25-12-15-30(38)31(39)16-25)32(34(44)40-35(2,3)4)17-24-8-6-5-7-9-24/h5-16,18-20,32H,17,21-22H2,1-4H3,(H,40,44). The summed E-state index contributed by atoms with van der Waals surface area (Å²) in [4.78, 5) is 29.9. The number of rotatable bonds is 11. The average molecular weight is 736 g/mol. The zero-order valence-electron chi connectivity index (χ0n) is 26.3. The molecule has 0 radical (unpaired) electrons. The Labute approximate surface area is 296 Å². The Hall–Kier alpha value is -3.27. The zero-order valence-corrected chi connectivity index (χ0v) is 30.1. The van der Waals surface area contributed by atoms with Crippen LogP contribution in [-0.2, 0) is 32.6 Å². The molecule has 0 heterocycles. The highest BCUT2D eigenvalue weighted by Crippen LogP contribution is 2.31. The van der Waals surface area contributed by atoms with Gasteiger partial charge in [-0.2, -0.15) is 0 Å². The van der Waals surface area contributed by atoms with Crippen LogP contribution in [-0.4, -0.2) is 43.3 Å². The van der Waals surface area contributed by atoms with E-state index in [9.17, 15) is 18.0 Å². The number of anilines is 1. The van der Waals surface area contributed by atoms with Crippen molar-refractivity contribution in [3.05, 3.63) is 128 Å². The average Bonchev–Trinajstić information content (AvgIpc) is 2.98. The maximum absolute atomic E-state index is 14.6. The summed E-state index contributed by atoms with van der Waals surface area (Å²) >= 11 is 25.1. The predicted molar refractivity (Wildman–Crippen MR) is 191 cm³/mol. The summed E-state index contributed by atoms with van der Waals surface area (Å²) in [7, 11) is -4.32. The van der Waals surface area contributed by atoms with E-state index in [1.54, 1.807) is 30.3 Å². The van der Waals surface area contributed by atoms with Crippen molar-refractivity contribution in [3.63, 3.8) is 0 Å². The van der Waals surface area contributed by atoms with Gasteiger partial charge in [0.15, 0.2) is 0 Å². The van der Waals surface area contributed by atoms with Crippen molar-refractivity contribution in [2.75, 3.05) is 10.8 Å². The van der Waals surface area contributed by atoms with E-state index in [2.05, 4.69) is 5.32 Å². The van der Waals surface area contributed by atoms with Crippen molar-refractivity contribution >= 4 is 73.9 Å². The molecule has 1 unspecified atom stereocenters. The molecule has 4 rings (SSSR count). The van der Waals surface area contributed by atoms with Crippen molar-refractivity contribution in [2.45, 2.75) is 57.1 Å². The van der Waals surface area contributed by atoms with Gasteiger partial charge in [-0.05, 0) is 81.3 Å². The lowest BCUT2D eigenvalue weighted by Crippen LogP contribution is -2.56. The Morgan fingerprint density at radius 2 is 1.40 bits per heavy atom. The third-order valence-electron chi connectivity index (χ3n) is 7.13. The van der Waals surface area contributed by atoms with Gasteiger partial charge in [0, 0.05) is 28.5 Å². The summed E-state index contributed by atoms with van der Waals surface area (Å²) in [6.45, 7) is 6.63. The minimum absolute atomic E-state index is 0.0330. The van der Waals surface area contributed by atoms with Crippen molar-refractivity contribution in [3.8, 4) is 0 Å². The van der Waals surface area contributed by atoms with Crippen LogP contribution in [0.1, 0.15) is 37.5 Å². The topological polar surface area (TPSA) is 86.8 Å². The van der Waals surface area contributed by atoms with Crippen LogP contribution >= 0.6 is 46.4 Å². The molecule has 0 aliphatic rings. The highest BCUT2D eigenvalue weighted by Gasteiger charge is 2.36. The van der Waals surface area contributed by atoms with E-state index in [-0.39, 0.29) is 38.6 Å². The summed E-state index contributed by atoms with van der Waals surface area (Å²) < 4.78 is 29.4. The number of benzene rings is 4. The molecule has 7 nitrogen and oxygen atoms in total. The first-order chi connectivity index (χ1) is 22.0. The minimum Gasteiger partial charge on any atom is -0.350 e. The van der Waals surface area contributed by atoms with Gasteiger partial charge in [0.1, 0.15) is 12.6 Å². The van der Waals surface area contributed by atoms with Crippen molar-refractivity contribution in [2.24, 2.45) is 0 Å². The van der Waals surface area contributed by atoms with Crippen LogP contribution in [0, 0.1) is 6.92 Å². The molecule has 47 heavy (non-hydrogen) atoms. The first-order valence-electron chi connectivity index (χ1n) is 14.7. The molecule has 0 aliphatic heterocycles. The summed E-state index contributed by atoms with van der Waals surface area (Å²) in [6, 6.07) is 23.7. The number of nitrogens with one attached hydrogen (secondary N) is 1. The lowest BCUT2D eigenvalue weighted by atomic mass is 10.0. The molecule has 0 aliphatic carbocycles. The van der Waals surface area contributed by atoms with Crippen molar-refractivity contribution in [1.29, 1.82) is 0 Å². The van der Waals surface area contributed by atoms with E-state index in [0.29, 0.717) is 10.6 Å². The SMILES string of the molecule is Cc1ccc(S(=O)(=O)N(CC(=O)N(Cc2ccc(Cl)c(Cl)c2)C(Cc2ccccc2)C(=O)NC(C)(C)C)c2cc(Cl)cc(Cl)c2)cc1. The minimum atomic E-state index is -4.32. The maximum atomic E-state index is 14.6. The molecular weight excluding hydrogens is 700 g/mol. The van der Waals surface area contributed by atoms with E-state index in [1.165, 1.54) is 35.2 Å². The molecular formula is C35H35Cl4N3O4S. The molecule has 12 heteroatoms. The Morgan fingerprint density at radius 3 is 1.98 bits per heavy atom. The largest absolute Gasteiger partial charge is 0.350 e. The fourth-order valence-electron chi connectivity index (χ4n) is 4.89. The van der Waals surface area contributed by atoms with Gasteiger partial charge in [0.2, 0.25) is 11.8 Å². The summed E-state index contributed by atoms with van der Waals surface area (Å²) in [5.74, 6) is -1.05. The molecule has 0 fully saturated rings. The van der Waals surface area contributed by atoms with E-state index < -0.39 is 40.0 Å². The smallest absolute Gasteiger partial charge is 0.264 e.